The Morgan fingerprint density at radius 3 is 1.05 bits per heavy atom. The van der Waals surface area contributed by atoms with Crippen molar-refractivity contribution in [2.24, 2.45) is 0 Å². The lowest BCUT2D eigenvalue weighted by Crippen LogP contribution is -2.90. The van der Waals surface area contributed by atoms with Gasteiger partial charge in [-0.2, -0.15) is 0 Å². The highest BCUT2D eigenvalue weighted by atomic mass is 16.5. The standard InChI is InChI=1S/C22H22N4O13/c27-9-10-39-20(38)22(25-15(32)5-6-16(25)33,26-17(34)7-8-18(26)35)21(19(36)37,23-11(28)1-2-12(23)29)24-13(30)3-4-14(24)31/h27H,1-10H2,(H,36,37). The molecule has 0 bridgehead atoms. The fourth-order valence-electron chi connectivity index (χ4n) is 5.48. The van der Waals surface area contributed by atoms with Crippen molar-refractivity contribution in [3.8, 4) is 0 Å². The fourth-order valence-corrected chi connectivity index (χ4v) is 5.48. The van der Waals surface area contributed by atoms with Gasteiger partial charge in [0.05, 0.1) is 6.61 Å². The van der Waals surface area contributed by atoms with E-state index in [2.05, 4.69) is 0 Å². The van der Waals surface area contributed by atoms with E-state index in [-0.39, 0.29) is 19.6 Å². The zero-order chi connectivity index (χ0) is 28.9. The number of aliphatic hydroxyl groups excluding tert-OH is 1. The lowest BCUT2D eigenvalue weighted by atomic mass is 9.84. The van der Waals surface area contributed by atoms with Gasteiger partial charge in [-0.15, -0.1) is 0 Å². The lowest BCUT2D eigenvalue weighted by molar-refractivity contribution is -0.231. The van der Waals surface area contributed by atoms with Crippen molar-refractivity contribution in [3.63, 3.8) is 0 Å². The number of carbonyl (C=O) groups is 10. The molecule has 17 heteroatoms. The van der Waals surface area contributed by atoms with Crippen LogP contribution < -0.4 is 0 Å². The number of aliphatic hydroxyl groups is 1. The number of rotatable bonds is 9. The number of ether oxygens (including phenoxy) is 1. The van der Waals surface area contributed by atoms with Crippen molar-refractivity contribution in [3.05, 3.63) is 0 Å². The summed E-state index contributed by atoms with van der Waals surface area (Å²) in [4.78, 5) is 133. The quantitative estimate of drug-likeness (QED) is 0.211. The molecule has 0 aromatic rings. The molecule has 0 atom stereocenters. The van der Waals surface area contributed by atoms with E-state index >= 15 is 0 Å². The average molecular weight is 550 g/mol. The highest BCUT2D eigenvalue weighted by Gasteiger charge is 2.83. The van der Waals surface area contributed by atoms with Crippen molar-refractivity contribution < 1.29 is 62.9 Å². The summed E-state index contributed by atoms with van der Waals surface area (Å²) in [5.41, 5.74) is -7.87. The first-order valence-electron chi connectivity index (χ1n) is 11.8. The van der Waals surface area contributed by atoms with Gasteiger partial charge in [-0.25, -0.2) is 29.2 Å². The molecule has 4 saturated heterocycles. The first kappa shape index (κ1) is 27.5. The molecule has 4 aliphatic heterocycles. The van der Waals surface area contributed by atoms with Crippen LogP contribution in [0.3, 0.4) is 0 Å². The van der Waals surface area contributed by atoms with Crippen LogP contribution in [0.5, 0.6) is 0 Å². The molecule has 4 rings (SSSR count). The molecule has 208 valence electrons. The van der Waals surface area contributed by atoms with Crippen molar-refractivity contribution in [2.75, 3.05) is 13.2 Å². The number of carboxylic acid groups (broad SMARTS) is 1. The van der Waals surface area contributed by atoms with Crippen LogP contribution in [-0.4, -0.2) is 114 Å². The van der Waals surface area contributed by atoms with E-state index in [9.17, 15) is 58.2 Å². The molecule has 0 unspecified atom stereocenters. The minimum Gasteiger partial charge on any atom is -0.478 e. The van der Waals surface area contributed by atoms with Crippen LogP contribution in [0.4, 0.5) is 0 Å². The van der Waals surface area contributed by atoms with Gasteiger partial charge in [0.1, 0.15) is 6.61 Å². The first-order valence-corrected chi connectivity index (χ1v) is 11.8. The van der Waals surface area contributed by atoms with Gasteiger partial charge >= 0.3 is 11.9 Å². The summed E-state index contributed by atoms with van der Waals surface area (Å²) < 4.78 is 4.95. The van der Waals surface area contributed by atoms with Crippen molar-refractivity contribution in [1.29, 1.82) is 0 Å². The van der Waals surface area contributed by atoms with Crippen molar-refractivity contribution in [1.82, 2.24) is 19.6 Å². The smallest absolute Gasteiger partial charge is 0.359 e. The van der Waals surface area contributed by atoms with E-state index in [1.807, 2.05) is 0 Å². The normalized spacial score (nSPS) is 20.8. The monoisotopic (exact) mass is 550 g/mol. The second-order valence-electron chi connectivity index (χ2n) is 9.00. The Kier molecular flexibility index (Phi) is 6.80. The van der Waals surface area contributed by atoms with Crippen molar-refractivity contribution >= 4 is 59.2 Å². The van der Waals surface area contributed by atoms with Crippen LogP contribution in [0.1, 0.15) is 51.4 Å². The summed E-state index contributed by atoms with van der Waals surface area (Å²) in [7, 11) is 0. The number of aliphatic carboxylic acids is 1. The number of hydrogen-bond acceptors (Lipinski definition) is 12. The molecule has 39 heavy (non-hydrogen) atoms. The van der Waals surface area contributed by atoms with Crippen LogP contribution in [0, 0.1) is 0 Å². The second kappa shape index (κ2) is 9.64. The number of carboxylic acids is 1. The van der Waals surface area contributed by atoms with E-state index < -0.39 is 135 Å². The van der Waals surface area contributed by atoms with Crippen LogP contribution >= 0.6 is 0 Å². The molecule has 4 fully saturated rings. The van der Waals surface area contributed by atoms with E-state index in [4.69, 9.17) is 4.74 Å². The Labute approximate surface area is 218 Å². The maximum Gasteiger partial charge on any atom is 0.359 e. The largest absolute Gasteiger partial charge is 0.478 e. The molecule has 0 radical (unpaired) electrons. The zero-order valence-electron chi connectivity index (χ0n) is 20.2. The Bertz CT molecular complexity index is 1120. The minimum atomic E-state index is -3.97. The molecule has 0 aliphatic carbocycles. The summed E-state index contributed by atoms with van der Waals surface area (Å²) in [6.45, 7) is -1.85. The minimum absolute atomic E-state index is 0.0836. The Morgan fingerprint density at radius 1 is 0.564 bits per heavy atom. The third-order valence-electron chi connectivity index (χ3n) is 6.89. The van der Waals surface area contributed by atoms with Crippen molar-refractivity contribution in [2.45, 2.75) is 62.7 Å². The summed E-state index contributed by atoms with van der Waals surface area (Å²) in [6.07, 6.45) is -5.34. The molecule has 0 spiro atoms. The van der Waals surface area contributed by atoms with Crippen LogP contribution in [-0.2, 0) is 52.7 Å². The summed E-state index contributed by atoms with van der Waals surface area (Å²) >= 11 is 0. The topological polar surface area (TPSA) is 233 Å². The molecule has 4 aliphatic rings. The third kappa shape index (κ3) is 3.56. The van der Waals surface area contributed by atoms with Crippen LogP contribution in [0.2, 0.25) is 0 Å². The Balaban J connectivity index is 2.27. The van der Waals surface area contributed by atoms with Gasteiger partial charge in [0.2, 0.25) is 47.3 Å². The Morgan fingerprint density at radius 2 is 0.821 bits per heavy atom. The summed E-state index contributed by atoms with van der Waals surface area (Å²) in [6, 6.07) is 0. The molecule has 8 amide bonds. The van der Waals surface area contributed by atoms with Gasteiger partial charge in [-0.05, 0) is 0 Å². The third-order valence-corrected chi connectivity index (χ3v) is 6.89. The highest BCUT2D eigenvalue weighted by Crippen LogP contribution is 2.49. The van der Waals surface area contributed by atoms with E-state index in [0.29, 0.717) is 0 Å². The lowest BCUT2D eigenvalue weighted by Gasteiger charge is -2.56. The van der Waals surface area contributed by atoms with Gasteiger partial charge in [0.15, 0.2) is 0 Å². The first-order chi connectivity index (χ1) is 18.4. The Hall–Kier alpha value is -4.54. The molecule has 2 N–H and O–H groups in total. The molecule has 4 heterocycles. The number of imide groups is 4. The number of amides is 8. The number of nitrogens with zero attached hydrogens (tertiary/aromatic N) is 4. The van der Waals surface area contributed by atoms with Gasteiger partial charge in [0, 0.05) is 51.4 Å². The number of carbonyl (C=O) groups excluding carboxylic acids is 9. The average Bonchev–Trinajstić information content (AvgIpc) is 3.60. The predicted octanol–water partition coefficient (Wildman–Crippen LogP) is -3.40. The summed E-state index contributed by atoms with van der Waals surface area (Å²) in [5.74, 6) is -15.1. The predicted molar refractivity (Wildman–Crippen MR) is 115 cm³/mol. The SMILES string of the molecule is O=C1CCC(=O)N1C(C(=O)O)(N1C(=O)CCC1=O)C(C(=O)OCCO)(N1C(=O)CCC1=O)N1C(=O)CCC1=O. The summed E-state index contributed by atoms with van der Waals surface area (Å²) in [5, 5.41) is 20.1. The van der Waals surface area contributed by atoms with Gasteiger partial charge in [-0.3, -0.25) is 38.4 Å². The highest BCUT2D eigenvalue weighted by molar-refractivity contribution is 6.19. The second-order valence-corrected chi connectivity index (χ2v) is 9.00. The maximum absolute atomic E-state index is 14.1. The molecular weight excluding hydrogens is 528 g/mol. The van der Waals surface area contributed by atoms with Crippen LogP contribution in [0.25, 0.3) is 0 Å². The number of hydrogen-bond donors (Lipinski definition) is 2. The molecule has 0 aromatic carbocycles. The van der Waals surface area contributed by atoms with E-state index in [1.165, 1.54) is 0 Å². The van der Waals surface area contributed by atoms with Gasteiger partial charge in [0.25, 0.3) is 11.3 Å². The van der Waals surface area contributed by atoms with E-state index in [0.717, 1.165) is 0 Å². The van der Waals surface area contributed by atoms with Crippen LogP contribution in [0.15, 0.2) is 0 Å². The zero-order valence-corrected chi connectivity index (χ0v) is 20.2. The number of likely N-dealkylation sites (tertiary alicyclic amines) is 4. The van der Waals surface area contributed by atoms with E-state index in [1.54, 1.807) is 0 Å². The van der Waals surface area contributed by atoms with Gasteiger partial charge < -0.3 is 14.9 Å². The van der Waals surface area contributed by atoms with Gasteiger partial charge in [-0.1, -0.05) is 0 Å². The number of esters is 1. The molecule has 0 saturated carbocycles. The molecular formula is C22H22N4O13. The molecule has 17 nitrogen and oxygen atoms in total. The fraction of sp³-hybridized carbons (Fsp3) is 0.545. The molecule has 0 aromatic heterocycles. The maximum atomic E-state index is 14.1.